The van der Waals surface area contributed by atoms with Crippen LogP contribution in [0.2, 0.25) is 0 Å². The van der Waals surface area contributed by atoms with Crippen molar-refractivity contribution in [3.05, 3.63) is 42.0 Å². The highest BCUT2D eigenvalue weighted by atomic mass is 35.5. The number of unbranched alkanes of at least 4 members (excludes halogenated alkanes) is 1. The van der Waals surface area contributed by atoms with Crippen molar-refractivity contribution in [1.82, 2.24) is 15.3 Å². The van der Waals surface area contributed by atoms with Crippen LogP contribution in [0.5, 0.6) is 0 Å². The van der Waals surface area contributed by atoms with Crippen LogP contribution in [0.25, 0.3) is 22.3 Å². The zero-order valence-corrected chi connectivity index (χ0v) is 20.4. The van der Waals surface area contributed by atoms with Crippen molar-refractivity contribution in [3.8, 4) is 11.4 Å². The van der Waals surface area contributed by atoms with E-state index in [1.54, 1.807) is 0 Å². The maximum atomic E-state index is 13.2. The number of nitrogen functional groups attached to an aromatic ring is 2. The number of rotatable bonds is 6. The summed E-state index contributed by atoms with van der Waals surface area (Å²) < 4.78 is 39.5. The highest BCUT2D eigenvalue weighted by molar-refractivity contribution is 5.93. The second kappa shape index (κ2) is 11.3. The summed E-state index contributed by atoms with van der Waals surface area (Å²) in [6.07, 6.45) is -1.28. The van der Waals surface area contributed by atoms with E-state index in [1.165, 1.54) is 0 Å². The molecule has 1 saturated heterocycles. The van der Waals surface area contributed by atoms with Gasteiger partial charge in [0.2, 0.25) is 0 Å². The van der Waals surface area contributed by atoms with Gasteiger partial charge in [-0.25, -0.2) is 9.97 Å². The molecule has 0 spiro atoms. The van der Waals surface area contributed by atoms with Gasteiger partial charge in [-0.3, -0.25) is 0 Å². The summed E-state index contributed by atoms with van der Waals surface area (Å²) in [6, 6.07) is 9.71. The van der Waals surface area contributed by atoms with Crippen LogP contribution in [-0.2, 0) is 6.18 Å². The van der Waals surface area contributed by atoms with Crippen LogP contribution in [0, 0.1) is 0 Å². The molecular formula is C23H29Cl2F3N6. The molecule has 2 aromatic carbocycles. The monoisotopic (exact) mass is 516 g/mol. The standard InChI is InChI=1S/C23H27F3N6.2ClH/c1-2-3-9-29-15-8-10-32(13-15)22-16-6-4-5-7-19(16)30-21(31-22)20-17(27)11-14(12-18(20)28)23(24,25)26;;/h4-7,11-12,15,29H,2-3,8-10,13,27-28H2,1H3;2*1H. The Morgan fingerprint density at radius 1 is 1.09 bits per heavy atom. The molecule has 0 bridgehead atoms. The lowest BCUT2D eigenvalue weighted by Crippen LogP contribution is -2.33. The first kappa shape index (κ1) is 27.8. The fraction of sp³-hybridized carbons (Fsp3) is 0.391. The van der Waals surface area contributed by atoms with Gasteiger partial charge in [-0.1, -0.05) is 25.5 Å². The molecule has 0 amide bonds. The Labute approximate surface area is 209 Å². The molecule has 1 aliphatic heterocycles. The number of aromatic nitrogens is 2. The van der Waals surface area contributed by atoms with E-state index in [0.29, 0.717) is 11.6 Å². The summed E-state index contributed by atoms with van der Waals surface area (Å²) in [5.74, 6) is 0.967. The summed E-state index contributed by atoms with van der Waals surface area (Å²) >= 11 is 0. The van der Waals surface area contributed by atoms with Crippen LogP contribution in [0.3, 0.4) is 0 Å². The molecule has 1 aliphatic rings. The number of nitrogens with two attached hydrogens (primary N) is 2. The molecule has 186 valence electrons. The lowest BCUT2D eigenvalue weighted by molar-refractivity contribution is -0.137. The molecular weight excluding hydrogens is 488 g/mol. The predicted molar refractivity (Wildman–Crippen MR) is 137 cm³/mol. The minimum absolute atomic E-state index is 0. The van der Waals surface area contributed by atoms with Crippen molar-refractivity contribution < 1.29 is 13.2 Å². The second-order valence-corrected chi connectivity index (χ2v) is 8.15. The van der Waals surface area contributed by atoms with Gasteiger partial charge in [0, 0.05) is 35.9 Å². The molecule has 0 saturated carbocycles. The van der Waals surface area contributed by atoms with E-state index in [9.17, 15) is 13.2 Å². The molecule has 0 aliphatic carbocycles. The maximum Gasteiger partial charge on any atom is 0.416 e. The number of nitrogens with one attached hydrogen (secondary N) is 1. The summed E-state index contributed by atoms with van der Waals surface area (Å²) in [6.45, 7) is 4.75. The molecule has 6 nitrogen and oxygen atoms in total. The summed E-state index contributed by atoms with van der Waals surface area (Å²) in [7, 11) is 0. The molecule has 4 rings (SSSR count). The molecule has 2 heterocycles. The predicted octanol–water partition coefficient (Wildman–Crippen LogP) is 5.29. The van der Waals surface area contributed by atoms with Crippen LogP contribution in [0.4, 0.5) is 30.4 Å². The van der Waals surface area contributed by atoms with Gasteiger partial charge < -0.3 is 21.7 Å². The molecule has 1 fully saturated rings. The number of hydrogen-bond donors (Lipinski definition) is 3. The third kappa shape index (κ3) is 5.76. The van der Waals surface area contributed by atoms with Crippen LogP contribution in [-0.4, -0.2) is 35.6 Å². The van der Waals surface area contributed by atoms with Gasteiger partial charge in [0.15, 0.2) is 5.82 Å². The van der Waals surface area contributed by atoms with E-state index in [2.05, 4.69) is 22.1 Å². The van der Waals surface area contributed by atoms with Crippen molar-refractivity contribution in [2.75, 3.05) is 36.0 Å². The Kier molecular flexibility index (Phi) is 9.22. The number of benzene rings is 2. The molecule has 1 aromatic heterocycles. The smallest absolute Gasteiger partial charge is 0.398 e. The molecule has 1 unspecified atom stereocenters. The maximum absolute atomic E-state index is 13.2. The normalized spacial score (nSPS) is 15.8. The van der Waals surface area contributed by atoms with Crippen LogP contribution in [0.15, 0.2) is 36.4 Å². The number of fused-ring (bicyclic) bond motifs is 1. The van der Waals surface area contributed by atoms with E-state index >= 15 is 0 Å². The summed E-state index contributed by atoms with van der Waals surface area (Å²) in [4.78, 5) is 11.5. The third-order valence-electron chi connectivity index (χ3n) is 5.78. The lowest BCUT2D eigenvalue weighted by atomic mass is 10.0. The molecule has 5 N–H and O–H groups in total. The number of alkyl halides is 3. The Bertz CT molecular complexity index is 1100. The first-order valence-electron chi connectivity index (χ1n) is 10.8. The van der Waals surface area contributed by atoms with Crippen molar-refractivity contribution in [1.29, 1.82) is 0 Å². The highest BCUT2D eigenvalue weighted by Gasteiger charge is 2.32. The van der Waals surface area contributed by atoms with E-state index in [-0.39, 0.29) is 47.6 Å². The Hall–Kier alpha value is -2.49. The van der Waals surface area contributed by atoms with E-state index in [0.717, 1.165) is 62.2 Å². The van der Waals surface area contributed by atoms with Crippen molar-refractivity contribution in [3.63, 3.8) is 0 Å². The SMILES string of the molecule is CCCCNC1CCN(c2nc(-c3c(N)cc(C(F)(F)F)cc3N)nc3ccccc23)C1.Cl.Cl. The van der Waals surface area contributed by atoms with E-state index < -0.39 is 11.7 Å². The minimum atomic E-state index is -4.54. The van der Waals surface area contributed by atoms with Gasteiger partial charge in [-0.05, 0) is 43.7 Å². The molecule has 0 radical (unpaired) electrons. The van der Waals surface area contributed by atoms with E-state index in [1.807, 2.05) is 24.3 Å². The van der Waals surface area contributed by atoms with Gasteiger partial charge >= 0.3 is 6.18 Å². The second-order valence-electron chi connectivity index (χ2n) is 8.15. The van der Waals surface area contributed by atoms with Gasteiger partial charge in [0.05, 0.1) is 16.6 Å². The average Bonchev–Trinajstić information content (AvgIpc) is 3.21. The van der Waals surface area contributed by atoms with Gasteiger partial charge in [0.1, 0.15) is 5.82 Å². The topological polar surface area (TPSA) is 93.1 Å². The average molecular weight is 517 g/mol. The van der Waals surface area contributed by atoms with Crippen LogP contribution in [0.1, 0.15) is 31.7 Å². The zero-order chi connectivity index (χ0) is 22.9. The Morgan fingerprint density at radius 2 is 1.76 bits per heavy atom. The third-order valence-corrected chi connectivity index (χ3v) is 5.78. The van der Waals surface area contributed by atoms with E-state index in [4.69, 9.17) is 16.5 Å². The molecule has 1 atom stereocenters. The van der Waals surface area contributed by atoms with Crippen molar-refractivity contribution in [2.45, 2.75) is 38.4 Å². The number of nitrogens with zero attached hydrogens (tertiary/aromatic N) is 3. The Morgan fingerprint density at radius 3 is 2.41 bits per heavy atom. The minimum Gasteiger partial charge on any atom is -0.398 e. The van der Waals surface area contributed by atoms with Crippen molar-refractivity contribution >= 4 is 52.9 Å². The zero-order valence-electron chi connectivity index (χ0n) is 18.7. The fourth-order valence-corrected chi connectivity index (χ4v) is 4.12. The lowest BCUT2D eigenvalue weighted by Gasteiger charge is -2.21. The van der Waals surface area contributed by atoms with Crippen LogP contribution >= 0.6 is 24.8 Å². The summed E-state index contributed by atoms with van der Waals surface area (Å²) in [5, 5.41) is 4.47. The first-order valence-corrected chi connectivity index (χ1v) is 10.8. The Balaban J connectivity index is 0.00000204. The molecule has 34 heavy (non-hydrogen) atoms. The van der Waals surface area contributed by atoms with Crippen LogP contribution < -0.4 is 21.7 Å². The van der Waals surface area contributed by atoms with Crippen molar-refractivity contribution in [2.24, 2.45) is 0 Å². The summed E-state index contributed by atoms with van der Waals surface area (Å²) in [5.41, 5.74) is 11.8. The number of halogens is 5. The first-order chi connectivity index (χ1) is 15.3. The molecule has 3 aromatic rings. The van der Waals surface area contributed by atoms with Gasteiger partial charge in [-0.2, -0.15) is 13.2 Å². The largest absolute Gasteiger partial charge is 0.416 e. The van der Waals surface area contributed by atoms with Gasteiger partial charge in [0.25, 0.3) is 0 Å². The number of anilines is 3. The quantitative estimate of drug-likeness (QED) is 0.304. The fourth-order valence-electron chi connectivity index (χ4n) is 4.12. The molecule has 11 heteroatoms. The number of para-hydroxylation sites is 1. The van der Waals surface area contributed by atoms with Gasteiger partial charge in [-0.15, -0.1) is 24.8 Å². The highest BCUT2D eigenvalue weighted by Crippen LogP contribution is 2.39. The number of hydrogen-bond acceptors (Lipinski definition) is 6.